The van der Waals surface area contributed by atoms with E-state index in [-0.39, 0.29) is 15.9 Å². The topological polar surface area (TPSA) is 81.7 Å². The Balaban J connectivity index is 1.68. The Hall–Kier alpha value is -1.80. The summed E-state index contributed by atoms with van der Waals surface area (Å²) in [5.74, 6) is 0.134. The minimum Gasteiger partial charge on any atom is -0.496 e. The van der Waals surface area contributed by atoms with Gasteiger partial charge in [-0.05, 0) is 49.1 Å². The van der Waals surface area contributed by atoms with Gasteiger partial charge < -0.3 is 9.47 Å². The molecule has 2 aromatic carbocycles. The molecule has 0 aliphatic rings. The van der Waals surface area contributed by atoms with Crippen LogP contribution in [0.4, 0.5) is 0 Å². The largest absolute Gasteiger partial charge is 0.496 e. The molecule has 0 radical (unpaired) electrons. The van der Waals surface area contributed by atoms with Crippen molar-refractivity contribution in [1.29, 1.82) is 0 Å². The molecule has 176 valence electrons. The highest BCUT2D eigenvalue weighted by atomic mass is 35.5. The fraction of sp³-hybridized carbons (Fsp3) is 0.435. The number of esters is 1. The van der Waals surface area contributed by atoms with Crippen molar-refractivity contribution in [2.24, 2.45) is 0 Å². The zero-order valence-electron chi connectivity index (χ0n) is 18.3. The Morgan fingerprint density at radius 3 is 2.34 bits per heavy atom. The maximum atomic E-state index is 12.4. The molecule has 32 heavy (non-hydrogen) atoms. The molecule has 0 aromatic heterocycles. The number of benzene rings is 2. The molecule has 2 aromatic rings. The smallest absolute Gasteiger partial charge is 0.341 e. The van der Waals surface area contributed by atoms with Gasteiger partial charge in [0.2, 0.25) is 10.0 Å². The summed E-state index contributed by atoms with van der Waals surface area (Å²) in [5, 5.41) is 0.468. The summed E-state index contributed by atoms with van der Waals surface area (Å²) in [7, 11) is -0.779. The van der Waals surface area contributed by atoms with Crippen LogP contribution in [0.15, 0.2) is 41.3 Å². The van der Waals surface area contributed by atoms with E-state index in [1.165, 1.54) is 26.4 Å². The molecule has 0 heterocycles. The molecule has 0 aliphatic heterocycles. The van der Waals surface area contributed by atoms with Gasteiger partial charge in [-0.3, -0.25) is 0 Å². The van der Waals surface area contributed by atoms with E-state index in [0.29, 0.717) is 22.9 Å². The molecule has 1 N–H and O–H groups in total. The number of ether oxygens (including phenoxy) is 2. The van der Waals surface area contributed by atoms with Gasteiger partial charge in [0.25, 0.3) is 0 Å². The van der Waals surface area contributed by atoms with Crippen molar-refractivity contribution in [1.82, 2.24) is 4.72 Å². The van der Waals surface area contributed by atoms with Crippen LogP contribution in [0.5, 0.6) is 5.75 Å². The van der Waals surface area contributed by atoms with Gasteiger partial charge >= 0.3 is 5.97 Å². The van der Waals surface area contributed by atoms with Crippen molar-refractivity contribution < 1.29 is 22.7 Å². The van der Waals surface area contributed by atoms with E-state index in [9.17, 15) is 13.2 Å². The molecule has 0 atom stereocenters. The fourth-order valence-corrected chi connectivity index (χ4v) is 5.24. The van der Waals surface area contributed by atoms with Crippen LogP contribution in [0.1, 0.15) is 54.4 Å². The summed E-state index contributed by atoms with van der Waals surface area (Å²) < 4.78 is 37.5. The van der Waals surface area contributed by atoms with E-state index >= 15 is 0 Å². The highest BCUT2D eigenvalue weighted by Gasteiger charge is 2.18. The Labute approximate surface area is 200 Å². The molecular formula is C23H29Cl2NO5S. The Bertz CT molecular complexity index is 1010. The third kappa shape index (κ3) is 7.66. The van der Waals surface area contributed by atoms with Crippen LogP contribution in [0.25, 0.3) is 0 Å². The molecule has 6 nitrogen and oxygen atoms in total. The quantitative estimate of drug-likeness (QED) is 0.283. The van der Waals surface area contributed by atoms with Crippen molar-refractivity contribution in [3.05, 3.63) is 57.6 Å². The van der Waals surface area contributed by atoms with Crippen LogP contribution in [0, 0.1) is 0 Å². The number of hydrogen-bond acceptors (Lipinski definition) is 5. The highest BCUT2D eigenvalue weighted by molar-refractivity contribution is 7.89. The third-order valence-corrected chi connectivity index (χ3v) is 7.25. The number of unbranched alkanes of at least 4 members (excludes halogenated alkanes) is 5. The molecule has 9 heteroatoms. The number of carbonyl (C=O) groups is 1. The lowest BCUT2D eigenvalue weighted by atomic mass is 9.99. The lowest BCUT2D eigenvalue weighted by Crippen LogP contribution is -2.25. The minimum atomic E-state index is -3.68. The maximum absolute atomic E-state index is 12.4. The number of sulfonamides is 1. The molecule has 2 rings (SSSR count). The van der Waals surface area contributed by atoms with Crippen LogP contribution in [0.2, 0.25) is 10.0 Å². The number of carbonyl (C=O) groups excluding carboxylic acids is 1. The van der Waals surface area contributed by atoms with Crippen molar-refractivity contribution in [2.75, 3.05) is 20.8 Å². The van der Waals surface area contributed by atoms with E-state index in [2.05, 4.69) is 4.72 Å². The van der Waals surface area contributed by atoms with Crippen LogP contribution in [0.3, 0.4) is 0 Å². The Kier molecular flexibility index (Phi) is 10.8. The van der Waals surface area contributed by atoms with Gasteiger partial charge in [-0.25, -0.2) is 17.9 Å². The second-order valence-corrected chi connectivity index (χ2v) is 9.91. The van der Waals surface area contributed by atoms with Gasteiger partial charge in [-0.2, -0.15) is 0 Å². The molecule has 0 bridgehead atoms. The lowest BCUT2D eigenvalue weighted by Gasteiger charge is -2.12. The van der Waals surface area contributed by atoms with Crippen molar-refractivity contribution >= 4 is 39.2 Å². The van der Waals surface area contributed by atoms with Crippen LogP contribution in [-0.2, 0) is 21.2 Å². The zero-order valence-corrected chi connectivity index (χ0v) is 20.7. The number of methoxy groups -OCH3 is 2. The summed E-state index contributed by atoms with van der Waals surface area (Å²) in [6.45, 7) is 0.345. The van der Waals surface area contributed by atoms with E-state index in [1.807, 2.05) is 12.1 Å². The van der Waals surface area contributed by atoms with Crippen LogP contribution in [-0.4, -0.2) is 35.2 Å². The summed E-state index contributed by atoms with van der Waals surface area (Å²) >= 11 is 11.9. The predicted molar refractivity (Wildman–Crippen MR) is 127 cm³/mol. The maximum Gasteiger partial charge on any atom is 0.341 e. The summed E-state index contributed by atoms with van der Waals surface area (Å²) in [4.78, 5) is 12.1. The average Bonchev–Trinajstić information content (AvgIpc) is 2.78. The zero-order chi connectivity index (χ0) is 23.6. The molecule has 0 saturated carbocycles. The van der Waals surface area contributed by atoms with Crippen molar-refractivity contribution in [3.63, 3.8) is 0 Å². The lowest BCUT2D eigenvalue weighted by molar-refractivity contribution is 0.0595. The summed E-state index contributed by atoms with van der Waals surface area (Å²) in [6, 6.07) is 9.92. The molecule has 0 fully saturated rings. The predicted octanol–water partition coefficient (Wildman–Crippen LogP) is 5.65. The van der Waals surface area contributed by atoms with Gasteiger partial charge in [0.05, 0.1) is 19.2 Å². The fourth-order valence-electron chi connectivity index (χ4n) is 3.40. The number of aryl methyl sites for hydroxylation is 1. The number of rotatable bonds is 13. The normalized spacial score (nSPS) is 11.4. The minimum absolute atomic E-state index is 0.00414. The van der Waals surface area contributed by atoms with Crippen molar-refractivity contribution in [3.8, 4) is 5.75 Å². The number of nitrogens with one attached hydrogen (secondary N) is 1. The SMILES string of the molecule is COC(=O)c1c(CCCCCCCCNS(=O)(=O)c2cc(Cl)ccc2Cl)cccc1OC. The first-order valence-corrected chi connectivity index (χ1v) is 12.7. The standard InChI is InChI=1S/C23H29Cl2NO5S/c1-30-20-12-9-11-17(22(20)23(27)31-2)10-7-5-3-4-6-8-15-26-32(28,29)21-16-18(24)13-14-19(21)25/h9,11-14,16,26H,3-8,10,15H2,1-2H3. The van der Waals surface area contributed by atoms with Crippen LogP contribution >= 0.6 is 23.2 Å². The second kappa shape index (κ2) is 13.0. The van der Waals surface area contributed by atoms with E-state index in [1.54, 1.807) is 12.1 Å². The van der Waals surface area contributed by atoms with Gasteiger partial charge in [-0.15, -0.1) is 0 Å². The molecule has 0 aliphatic carbocycles. The van der Waals surface area contributed by atoms with E-state index in [4.69, 9.17) is 32.7 Å². The first-order chi connectivity index (χ1) is 15.3. The van der Waals surface area contributed by atoms with E-state index < -0.39 is 10.0 Å². The van der Waals surface area contributed by atoms with Crippen LogP contribution < -0.4 is 9.46 Å². The molecule has 0 saturated heterocycles. The highest BCUT2D eigenvalue weighted by Crippen LogP contribution is 2.26. The first kappa shape index (κ1) is 26.5. The Morgan fingerprint density at radius 1 is 0.969 bits per heavy atom. The van der Waals surface area contributed by atoms with Crippen molar-refractivity contribution in [2.45, 2.75) is 49.8 Å². The van der Waals surface area contributed by atoms with E-state index in [0.717, 1.165) is 50.5 Å². The van der Waals surface area contributed by atoms with Gasteiger partial charge in [0, 0.05) is 11.6 Å². The van der Waals surface area contributed by atoms with Gasteiger partial charge in [0.1, 0.15) is 16.2 Å². The average molecular weight is 502 g/mol. The number of hydrogen-bond donors (Lipinski definition) is 1. The summed E-state index contributed by atoms with van der Waals surface area (Å²) in [5.41, 5.74) is 1.41. The molecule has 0 amide bonds. The summed E-state index contributed by atoms with van der Waals surface area (Å²) in [6.07, 6.45) is 6.41. The monoisotopic (exact) mass is 501 g/mol. The van der Waals surface area contributed by atoms with Gasteiger partial charge in [-0.1, -0.05) is 61.0 Å². The molecular weight excluding hydrogens is 473 g/mol. The molecule has 0 spiro atoms. The number of halogens is 2. The second-order valence-electron chi connectivity index (χ2n) is 7.33. The third-order valence-electron chi connectivity index (χ3n) is 5.07. The Morgan fingerprint density at radius 2 is 1.66 bits per heavy atom. The van der Waals surface area contributed by atoms with Gasteiger partial charge in [0.15, 0.2) is 0 Å². The molecule has 0 unspecified atom stereocenters. The first-order valence-electron chi connectivity index (χ1n) is 10.5.